The van der Waals surface area contributed by atoms with Crippen LogP contribution < -0.4 is 10.6 Å². The molecule has 0 aromatic heterocycles. The fourth-order valence-corrected chi connectivity index (χ4v) is 2.46. The first-order valence-electron chi connectivity index (χ1n) is 6.62. The van der Waals surface area contributed by atoms with Crippen LogP contribution in [-0.2, 0) is 4.79 Å². The lowest BCUT2D eigenvalue weighted by atomic mass is 10.1. The van der Waals surface area contributed by atoms with E-state index in [9.17, 15) is 14.7 Å². The number of carbonyl (C=O) groups excluding carboxylic acids is 1. The van der Waals surface area contributed by atoms with Crippen LogP contribution in [0.5, 0.6) is 0 Å². The van der Waals surface area contributed by atoms with E-state index in [-0.39, 0.29) is 11.5 Å². The molecule has 0 bridgehead atoms. The Hall–Kier alpha value is -2.24. The fourth-order valence-electron chi connectivity index (χ4n) is 2.46. The fraction of sp³-hybridized carbons (Fsp3) is 0.429. The molecule has 1 fully saturated rings. The van der Waals surface area contributed by atoms with Gasteiger partial charge in [0.2, 0.25) is 5.91 Å². The zero-order valence-corrected chi connectivity index (χ0v) is 11.5. The third-order valence-corrected chi connectivity index (χ3v) is 3.53. The molecule has 0 saturated carbocycles. The highest BCUT2D eigenvalue weighted by Crippen LogP contribution is 2.25. The van der Waals surface area contributed by atoms with Gasteiger partial charge < -0.3 is 20.6 Å². The zero-order chi connectivity index (χ0) is 14.7. The minimum atomic E-state index is -0.965. The number of carbonyl (C=O) groups is 2. The Labute approximate surface area is 117 Å². The van der Waals surface area contributed by atoms with Crippen LogP contribution in [0, 0.1) is 0 Å². The molecule has 6 heteroatoms. The second kappa shape index (κ2) is 5.81. The van der Waals surface area contributed by atoms with Crippen molar-refractivity contribution in [1.82, 2.24) is 4.90 Å². The molecule has 1 aromatic rings. The number of nitrogens with zero attached hydrogens (tertiary/aromatic N) is 2. The molecule has 0 spiro atoms. The lowest BCUT2D eigenvalue weighted by Gasteiger charge is -2.25. The van der Waals surface area contributed by atoms with Crippen LogP contribution in [0.3, 0.4) is 0 Å². The Morgan fingerprint density at radius 2 is 1.95 bits per heavy atom. The minimum Gasteiger partial charge on any atom is -0.478 e. The van der Waals surface area contributed by atoms with E-state index in [1.54, 1.807) is 24.0 Å². The maximum Gasteiger partial charge on any atom is 0.337 e. The van der Waals surface area contributed by atoms with E-state index < -0.39 is 5.97 Å². The lowest BCUT2D eigenvalue weighted by Crippen LogP contribution is -2.34. The molecule has 108 valence electrons. The van der Waals surface area contributed by atoms with Gasteiger partial charge in [-0.2, -0.15) is 0 Å². The average molecular weight is 277 g/mol. The van der Waals surface area contributed by atoms with E-state index in [4.69, 9.17) is 5.73 Å². The smallest absolute Gasteiger partial charge is 0.337 e. The van der Waals surface area contributed by atoms with E-state index >= 15 is 0 Å². The van der Waals surface area contributed by atoms with Gasteiger partial charge in [0.15, 0.2) is 0 Å². The highest BCUT2D eigenvalue weighted by Gasteiger charge is 2.20. The molecule has 1 aliphatic heterocycles. The molecule has 1 saturated heterocycles. The summed E-state index contributed by atoms with van der Waals surface area (Å²) in [6, 6.07) is 4.81. The maximum absolute atomic E-state index is 11.4. The van der Waals surface area contributed by atoms with Crippen molar-refractivity contribution < 1.29 is 14.7 Å². The largest absolute Gasteiger partial charge is 0.478 e. The van der Waals surface area contributed by atoms with Crippen molar-refractivity contribution in [2.75, 3.05) is 36.8 Å². The summed E-state index contributed by atoms with van der Waals surface area (Å²) >= 11 is 0. The molecule has 20 heavy (non-hydrogen) atoms. The van der Waals surface area contributed by atoms with E-state index in [0.717, 1.165) is 6.42 Å². The molecular weight excluding hydrogens is 258 g/mol. The summed E-state index contributed by atoms with van der Waals surface area (Å²) < 4.78 is 0. The molecule has 1 aliphatic rings. The quantitative estimate of drug-likeness (QED) is 0.788. The molecule has 0 unspecified atom stereocenters. The average Bonchev–Trinajstić information content (AvgIpc) is 2.63. The van der Waals surface area contributed by atoms with Crippen molar-refractivity contribution in [1.29, 1.82) is 0 Å². The van der Waals surface area contributed by atoms with Crippen LogP contribution in [0.2, 0.25) is 0 Å². The number of hydrogen-bond donors (Lipinski definition) is 2. The van der Waals surface area contributed by atoms with Gasteiger partial charge in [-0.3, -0.25) is 4.79 Å². The Kier molecular flexibility index (Phi) is 4.12. The Balaban J connectivity index is 2.25. The Morgan fingerprint density at radius 3 is 2.60 bits per heavy atom. The van der Waals surface area contributed by atoms with E-state index in [2.05, 4.69) is 0 Å². The third-order valence-electron chi connectivity index (χ3n) is 3.53. The van der Waals surface area contributed by atoms with Crippen molar-refractivity contribution in [3.63, 3.8) is 0 Å². The summed E-state index contributed by atoms with van der Waals surface area (Å²) in [6.07, 6.45) is 0.813. The topological polar surface area (TPSA) is 86.9 Å². The van der Waals surface area contributed by atoms with Crippen molar-refractivity contribution in [2.45, 2.75) is 13.3 Å². The standard InChI is InChI=1S/C14H19N3O3/c1-10(18)16-5-2-6-17(8-7-16)13-9-11(15)3-4-12(13)14(19)20/h3-4,9H,2,5-8,15H2,1H3,(H,19,20). The molecule has 6 nitrogen and oxygen atoms in total. The van der Waals surface area contributed by atoms with Crippen LogP contribution in [0.4, 0.5) is 11.4 Å². The summed E-state index contributed by atoms with van der Waals surface area (Å²) in [5.74, 6) is -0.912. The van der Waals surface area contributed by atoms with Gasteiger partial charge in [-0.05, 0) is 24.6 Å². The molecule has 1 aromatic carbocycles. The predicted molar refractivity (Wildman–Crippen MR) is 76.9 cm³/mol. The number of nitrogen functional groups attached to an aromatic ring is 1. The zero-order valence-electron chi connectivity index (χ0n) is 11.5. The number of aromatic carboxylic acids is 1. The van der Waals surface area contributed by atoms with Gasteiger partial charge in [0.05, 0.1) is 11.3 Å². The van der Waals surface area contributed by atoms with E-state index in [0.29, 0.717) is 37.6 Å². The summed E-state index contributed by atoms with van der Waals surface area (Å²) in [5.41, 5.74) is 7.18. The monoisotopic (exact) mass is 277 g/mol. The number of rotatable bonds is 2. The maximum atomic E-state index is 11.4. The van der Waals surface area contributed by atoms with Gasteiger partial charge in [-0.15, -0.1) is 0 Å². The summed E-state index contributed by atoms with van der Waals surface area (Å²) in [4.78, 5) is 26.5. The van der Waals surface area contributed by atoms with Crippen molar-refractivity contribution in [3.05, 3.63) is 23.8 Å². The highest BCUT2D eigenvalue weighted by atomic mass is 16.4. The van der Waals surface area contributed by atoms with Crippen molar-refractivity contribution in [2.24, 2.45) is 0 Å². The second-order valence-electron chi connectivity index (χ2n) is 4.93. The van der Waals surface area contributed by atoms with Gasteiger partial charge in [0.1, 0.15) is 0 Å². The molecule has 1 heterocycles. The predicted octanol–water partition coefficient (Wildman–Crippen LogP) is 1.03. The number of nitrogens with two attached hydrogens (primary N) is 1. The van der Waals surface area contributed by atoms with Gasteiger partial charge in [0.25, 0.3) is 0 Å². The van der Waals surface area contributed by atoms with Crippen LogP contribution in [0.1, 0.15) is 23.7 Å². The summed E-state index contributed by atoms with van der Waals surface area (Å²) in [7, 11) is 0. The molecule has 0 aliphatic carbocycles. The number of benzene rings is 1. The minimum absolute atomic E-state index is 0.0536. The normalized spacial score (nSPS) is 15.8. The van der Waals surface area contributed by atoms with Gasteiger partial charge in [-0.25, -0.2) is 4.79 Å². The lowest BCUT2D eigenvalue weighted by molar-refractivity contribution is -0.128. The van der Waals surface area contributed by atoms with Crippen LogP contribution in [0.15, 0.2) is 18.2 Å². The molecule has 3 N–H and O–H groups in total. The van der Waals surface area contributed by atoms with E-state index in [1.165, 1.54) is 6.07 Å². The first-order chi connectivity index (χ1) is 9.49. The SMILES string of the molecule is CC(=O)N1CCCN(c2cc(N)ccc2C(=O)O)CC1. The van der Waals surface area contributed by atoms with Gasteiger partial charge in [0, 0.05) is 38.8 Å². The summed E-state index contributed by atoms with van der Waals surface area (Å²) in [5, 5.41) is 9.27. The number of hydrogen-bond acceptors (Lipinski definition) is 4. The third kappa shape index (κ3) is 3.01. The molecule has 1 amide bonds. The number of carboxylic acid groups (broad SMARTS) is 1. The first-order valence-corrected chi connectivity index (χ1v) is 6.62. The van der Waals surface area contributed by atoms with Crippen molar-refractivity contribution in [3.8, 4) is 0 Å². The van der Waals surface area contributed by atoms with Gasteiger partial charge in [-0.1, -0.05) is 0 Å². The first kappa shape index (κ1) is 14.2. The molecule has 2 rings (SSSR count). The van der Waals surface area contributed by atoms with Crippen molar-refractivity contribution >= 4 is 23.3 Å². The van der Waals surface area contributed by atoms with Crippen LogP contribution >= 0.6 is 0 Å². The molecule has 0 radical (unpaired) electrons. The Bertz CT molecular complexity index is 530. The highest BCUT2D eigenvalue weighted by molar-refractivity contribution is 5.95. The van der Waals surface area contributed by atoms with Crippen LogP contribution in [-0.4, -0.2) is 48.1 Å². The molecule has 0 atom stereocenters. The van der Waals surface area contributed by atoms with Crippen LogP contribution in [0.25, 0.3) is 0 Å². The van der Waals surface area contributed by atoms with Gasteiger partial charge >= 0.3 is 5.97 Å². The molecular formula is C14H19N3O3. The number of carboxylic acids is 1. The summed E-state index contributed by atoms with van der Waals surface area (Å²) in [6.45, 7) is 4.19. The van der Waals surface area contributed by atoms with E-state index in [1.807, 2.05) is 4.90 Å². The number of anilines is 2. The Morgan fingerprint density at radius 1 is 1.20 bits per heavy atom. The number of amides is 1. The second-order valence-corrected chi connectivity index (χ2v) is 4.93.